The molecule has 3 aliphatic rings. The van der Waals surface area contributed by atoms with Crippen LogP contribution in [0.2, 0.25) is 0 Å². The summed E-state index contributed by atoms with van der Waals surface area (Å²) < 4.78 is 13.9. The van der Waals surface area contributed by atoms with Crippen LogP contribution in [-0.2, 0) is 20.9 Å². The van der Waals surface area contributed by atoms with Crippen molar-refractivity contribution in [2.24, 2.45) is 17.3 Å². The van der Waals surface area contributed by atoms with Gasteiger partial charge in [-0.25, -0.2) is 9.48 Å². The lowest BCUT2D eigenvalue weighted by Gasteiger charge is -2.46. The Morgan fingerprint density at radius 3 is 2.85 bits per heavy atom. The molecule has 3 fully saturated rings. The van der Waals surface area contributed by atoms with Crippen LogP contribution in [0.5, 0.6) is 5.75 Å². The van der Waals surface area contributed by atoms with Crippen LogP contribution in [0, 0.1) is 17.3 Å². The molecule has 9 heteroatoms. The molecule has 0 amide bonds. The molecule has 5 rings (SSSR count). The number of rotatable bonds is 4. The van der Waals surface area contributed by atoms with Crippen LogP contribution in [0.3, 0.4) is 0 Å². The van der Waals surface area contributed by atoms with Gasteiger partial charge in [-0.2, -0.15) is 0 Å². The molecule has 2 aromatic rings. The van der Waals surface area contributed by atoms with Gasteiger partial charge in [-0.1, -0.05) is 30.8 Å². The number of esters is 1. The van der Waals surface area contributed by atoms with Gasteiger partial charge >= 0.3 is 5.97 Å². The molecular weight excluding hydrogens is 490 g/mol. The van der Waals surface area contributed by atoms with Crippen molar-refractivity contribution >= 4 is 27.7 Å². The third-order valence-corrected chi connectivity index (χ3v) is 8.58. The van der Waals surface area contributed by atoms with Crippen LogP contribution in [0.4, 0.5) is 0 Å². The second kappa shape index (κ2) is 7.77. The summed E-state index contributed by atoms with van der Waals surface area (Å²) in [5.41, 5.74) is -1.75. The second-order valence-electron chi connectivity index (χ2n) is 9.52. The Balaban J connectivity index is 1.46. The molecular formula is C24H26BrN3O5. The van der Waals surface area contributed by atoms with Gasteiger partial charge in [-0.3, -0.25) is 4.79 Å². The van der Waals surface area contributed by atoms with E-state index in [1.54, 1.807) is 17.8 Å². The van der Waals surface area contributed by atoms with E-state index in [4.69, 9.17) is 9.47 Å². The minimum atomic E-state index is -1.46. The van der Waals surface area contributed by atoms with Crippen molar-refractivity contribution in [3.05, 3.63) is 52.8 Å². The van der Waals surface area contributed by atoms with Crippen molar-refractivity contribution in [1.82, 2.24) is 15.0 Å². The van der Waals surface area contributed by atoms with Crippen LogP contribution < -0.4 is 4.74 Å². The fourth-order valence-corrected chi connectivity index (χ4v) is 6.38. The van der Waals surface area contributed by atoms with E-state index in [9.17, 15) is 14.7 Å². The molecule has 1 saturated heterocycles. The zero-order valence-electron chi connectivity index (χ0n) is 18.5. The number of aromatic nitrogens is 3. The summed E-state index contributed by atoms with van der Waals surface area (Å²) in [5.74, 6) is -0.429. The first-order chi connectivity index (χ1) is 15.7. The molecule has 8 nitrogen and oxygen atoms in total. The summed E-state index contributed by atoms with van der Waals surface area (Å²) in [6.07, 6.45) is 2.34. The highest BCUT2D eigenvalue weighted by molar-refractivity contribution is 9.10. The number of ether oxygens (including phenoxy) is 2. The third-order valence-electron chi connectivity index (χ3n) is 7.93. The van der Waals surface area contributed by atoms with E-state index >= 15 is 0 Å². The first kappa shape index (κ1) is 22.3. The normalized spacial score (nSPS) is 35.7. The fourth-order valence-electron chi connectivity index (χ4n) is 5.98. The zero-order valence-corrected chi connectivity index (χ0v) is 20.1. The average Bonchev–Trinajstić information content (AvgIpc) is 3.41. The summed E-state index contributed by atoms with van der Waals surface area (Å²) in [6, 6.07) is 6.89. The lowest BCUT2D eigenvalue weighted by Crippen LogP contribution is -2.59. The van der Waals surface area contributed by atoms with E-state index in [1.165, 1.54) is 0 Å². The SMILES string of the molecule is C=C1C(=O)O[C@@H]2[C@H]1CC[C@H](C)[C@]1(O)[C@@H](n3cc(COc4ccccc4Br)nn3)CC(=O)[C@@]21C. The number of fused-ring (bicyclic) bond motifs is 3. The van der Waals surface area contributed by atoms with Gasteiger partial charge in [0.25, 0.3) is 0 Å². The number of carbonyl (C=O) groups is 2. The number of benzene rings is 1. The highest BCUT2D eigenvalue weighted by atomic mass is 79.9. The molecule has 1 aromatic carbocycles. The Labute approximate surface area is 200 Å². The molecule has 0 spiro atoms. The predicted molar refractivity (Wildman–Crippen MR) is 121 cm³/mol. The van der Waals surface area contributed by atoms with Gasteiger partial charge < -0.3 is 14.6 Å². The molecule has 0 bridgehead atoms. The molecule has 0 unspecified atom stereocenters. The minimum absolute atomic E-state index is 0.0818. The van der Waals surface area contributed by atoms with Crippen molar-refractivity contribution in [3.63, 3.8) is 0 Å². The van der Waals surface area contributed by atoms with Gasteiger partial charge in [-0.05, 0) is 53.7 Å². The molecule has 174 valence electrons. The fraction of sp³-hybridized carbons (Fsp3) is 0.500. The smallest absolute Gasteiger partial charge is 0.334 e. The van der Waals surface area contributed by atoms with Gasteiger partial charge in [0.1, 0.15) is 35.5 Å². The number of nitrogens with zero attached hydrogens (tertiary/aromatic N) is 3. The molecule has 33 heavy (non-hydrogen) atoms. The van der Waals surface area contributed by atoms with Gasteiger partial charge in [0.15, 0.2) is 0 Å². The van der Waals surface area contributed by atoms with Crippen LogP contribution in [0.15, 0.2) is 47.1 Å². The van der Waals surface area contributed by atoms with Crippen LogP contribution in [0.25, 0.3) is 0 Å². The predicted octanol–water partition coefficient (Wildman–Crippen LogP) is 3.40. The van der Waals surface area contributed by atoms with E-state index in [1.807, 2.05) is 31.2 Å². The quantitative estimate of drug-likeness (QED) is 0.491. The van der Waals surface area contributed by atoms with Crippen LogP contribution in [0.1, 0.15) is 44.8 Å². The van der Waals surface area contributed by atoms with E-state index in [2.05, 4.69) is 32.8 Å². The monoisotopic (exact) mass is 515 g/mol. The van der Waals surface area contributed by atoms with Crippen LogP contribution in [-0.4, -0.2) is 43.6 Å². The van der Waals surface area contributed by atoms with Gasteiger partial charge in [0.05, 0.1) is 22.1 Å². The van der Waals surface area contributed by atoms with Gasteiger partial charge in [-0.15, -0.1) is 5.10 Å². The Hall–Kier alpha value is -2.52. The lowest BCUT2D eigenvalue weighted by atomic mass is 9.64. The molecule has 2 saturated carbocycles. The van der Waals surface area contributed by atoms with Crippen molar-refractivity contribution in [3.8, 4) is 5.75 Å². The highest BCUT2D eigenvalue weighted by Crippen LogP contribution is 2.61. The summed E-state index contributed by atoms with van der Waals surface area (Å²) in [6.45, 7) is 7.77. The Bertz CT molecular complexity index is 1150. The first-order valence-corrected chi connectivity index (χ1v) is 11.9. The maximum atomic E-state index is 13.5. The summed E-state index contributed by atoms with van der Waals surface area (Å²) in [4.78, 5) is 25.7. The van der Waals surface area contributed by atoms with Crippen molar-refractivity contribution in [2.45, 2.75) is 57.5 Å². The molecule has 2 heterocycles. The molecule has 1 aromatic heterocycles. The largest absolute Gasteiger partial charge is 0.486 e. The number of ketones is 1. The van der Waals surface area contributed by atoms with Gasteiger partial charge in [0.2, 0.25) is 0 Å². The molecule has 1 N–H and O–H groups in total. The van der Waals surface area contributed by atoms with Crippen molar-refractivity contribution in [1.29, 1.82) is 0 Å². The van der Waals surface area contributed by atoms with E-state index in [0.717, 1.165) is 4.47 Å². The number of hydrogen-bond acceptors (Lipinski definition) is 7. The Morgan fingerprint density at radius 2 is 2.09 bits per heavy atom. The first-order valence-electron chi connectivity index (χ1n) is 11.1. The number of carbonyl (C=O) groups excluding carboxylic acids is 2. The number of hydrogen-bond donors (Lipinski definition) is 1. The zero-order chi connectivity index (χ0) is 23.5. The molecule has 0 radical (unpaired) electrons. The number of aliphatic hydroxyl groups is 1. The minimum Gasteiger partial charge on any atom is -0.486 e. The highest BCUT2D eigenvalue weighted by Gasteiger charge is 2.72. The number of Topliss-reactive ketones (excluding diaryl/α,β-unsaturated/α-hetero) is 1. The summed E-state index contributed by atoms with van der Waals surface area (Å²) >= 11 is 3.45. The van der Waals surface area contributed by atoms with Crippen molar-refractivity contribution in [2.75, 3.05) is 0 Å². The number of para-hydroxylation sites is 1. The van der Waals surface area contributed by atoms with Gasteiger partial charge in [0, 0.05) is 17.9 Å². The third kappa shape index (κ3) is 3.12. The second-order valence-corrected chi connectivity index (χ2v) is 10.4. The average molecular weight is 516 g/mol. The Morgan fingerprint density at radius 1 is 1.33 bits per heavy atom. The number of halogens is 1. The summed E-state index contributed by atoms with van der Waals surface area (Å²) in [7, 11) is 0. The Kier molecular flexibility index (Phi) is 5.25. The summed E-state index contributed by atoms with van der Waals surface area (Å²) in [5, 5.41) is 20.7. The molecule has 2 aliphatic carbocycles. The van der Waals surface area contributed by atoms with E-state index in [0.29, 0.717) is 29.9 Å². The van der Waals surface area contributed by atoms with E-state index in [-0.39, 0.29) is 30.6 Å². The van der Waals surface area contributed by atoms with E-state index < -0.39 is 29.1 Å². The maximum absolute atomic E-state index is 13.5. The standard InChI is InChI=1S/C24H26BrN3O5/c1-13-8-9-16-14(2)22(30)33-21(16)23(3)20(29)10-19(24(13,23)31)28-11-15(26-27-28)12-32-18-7-5-4-6-17(18)25/h4-7,11,13,16,19,21,31H,2,8-10,12H2,1,3H3/t13-,16-,19-,21+,23-,24-/m0/s1. The topological polar surface area (TPSA) is 104 Å². The molecule has 1 aliphatic heterocycles. The maximum Gasteiger partial charge on any atom is 0.334 e. The van der Waals surface area contributed by atoms with Crippen molar-refractivity contribution < 1.29 is 24.2 Å². The lowest BCUT2D eigenvalue weighted by molar-refractivity contribution is -0.178. The van der Waals surface area contributed by atoms with Crippen LogP contribution >= 0.6 is 15.9 Å². The molecule has 6 atom stereocenters.